The summed E-state index contributed by atoms with van der Waals surface area (Å²) in [6.45, 7) is 5.82. The fraction of sp³-hybridized carbons (Fsp3) is 0.321. The fourth-order valence-corrected chi connectivity index (χ4v) is 4.84. The van der Waals surface area contributed by atoms with Gasteiger partial charge in [0.1, 0.15) is 23.2 Å². The lowest BCUT2D eigenvalue weighted by atomic mass is 9.70. The van der Waals surface area contributed by atoms with Crippen LogP contribution in [0.5, 0.6) is 5.75 Å². The van der Waals surface area contributed by atoms with Gasteiger partial charge in [0.05, 0.1) is 10.9 Å². The third-order valence-corrected chi connectivity index (χ3v) is 6.66. The molecule has 1 atom stereocenters. The normalized spacial score (nSPS) is 18.8. The topological polar surface area (TPSA) is 114 Å². The van der Waals surface area contributed by atoms with Gasteiger partial charge in [-0.25, -0.2) is 0 Å². The molecule has 4 rings (SSSR count). The van der Waals surface area contributed by atoms with E-state index in [1.165, 1.54) is 5.56 Å². The molecule has 0 fully saturated rings. The number of nitrogens with two attached hydrogens (primary N) is 1. The van der Waals surface area contributed by atoms with Crippen molar-refractivity contribution in [2.24, 2.45) is 11.1 Å². The van der Waals surface area contributed by atoms with Crippen LogP contribution in [0.1, 0.15) is 50.7 Å². The third kappa shape index (κ3) is 5.24. The van der Waals surface area contributed by atoms with E-state index in [1.54, 1.807) is 18.2 Å². The van der Waals surface area contributed by atoms with Crippen LogP contribution in [0, 0.1) is 16.7 Å². The predicted octanol–water partition coefficient (Wildman–Crippen LogP) is 5.37. The van der Waals surface area contributed by atoms with Gasteiger partial charge in [0.2, 0.25) is 5.88 Å². The number of nitriles is 1. The van der Waals surface area contributed by atoms with Crippen molar-refractivity contribution < 1.29 is 19.1 Å². The number of allylic oxidation sites excluding steroid dienone is 3. The number of ketones is 1. The molecule has 2 aliphatic rings. The maximum absolute atomic E-state index is 13.1. The zero-order chi connectivity index (χ0) is 26.0. The van der Waals surface area contributed by atoms with E-state index in [0.717, 1.165) is 6.42 Å². The van der Waals surface area contributed by atoms with Crippen LogP contribution < -0.4 is 15.8 Å². The molecule has 8 heteroatoms. The highest BCUT2D eigenvalue weighted by atomic mass is 35.5. The minimum absolute atomic E-state index is 0.00756. The molecule has 3 N–H and O–H groups in total. The molecule has 1 heterocycles. The number of rotatable bonds is 6. The first-order valence-corrected chi connectivity index (χ1v) is 12.1. The van der Waals surface area contributed by atoms with Gasteiger partial charge in [0.15, 0.2) is 12.4 Å². The molecule has 186 valence electrons. The average molecular weight is 506 g/mol. The van der Waals surface area contributed by atoms with E-state index in [9.17, 15) is 14.9 Å². The van der Waals surface area contributed by atoms with E-state index in [-0.39, 0.29) is 40.2 Å². The number of ether oxygens (including phenoxy) is 2. The second-order valence-corrected chi connectivity index (χ2v) is 10.2. The standard InChI is InChI=1S/C28H28ClN3O4/c1-4-16-5-8-18(9-6-16)32-24(34)15-35-22-10-7-17(11-20(22)29)25-19(14-30)27(31)36-23-13-28(2,3)12-21(33)26(23)25/h5-11,25H,4,12-13,15,31H2,1-3H3,(H,32,34). The number of carbonyl (C=O) groups is 2. The van der Waals surface area contributed by atoms with Gasteiger partial charge in [-0.05, 0) is 47.2 Å². The van der Waals surface area contributed by atoms with E-state index < -0.39 is 5.92 Å². The van der Waals surface area contributed by atoms with E-state index >= 15 is 0 Å². The lowest BCUT2D eigenvalue weighted by molar-refractivity contribution is -0.119. The highest BCUT2D eigenvalue weighted by Gasteiger charge is 2.43. The smallest absolute Gasteiger partial charge is 0.262 e. The highest BCUT2D eigenvalue weighted by molar-refractivity contribution is 6.32. The molecule has 0 saturated heterocycles. The Kier molecular flexibility index (Phi) is 7.09. The predicted molar refractivity (Wildman–Crippen MR) is 137 cm³/mol. The zero-order valence-electron chi connectivity index (χ0n) is 20.5. The Bertz CT molecular complexity index is 1320. The molecule has 7 nitrogen and oxygen atoms in total. The Labute approximate surface area is 215 Å². The summed E-state index contributed by atoms with van der Waals surface area (Å²) in [6.07, 6.45) is 1.80. The molecule has 0 aromatic heterocycles. The Morgan fingerprint density at radius 3 is 2.61 bits per heavy atom. The van der Waals surface area contributed by atoms with Gasteiger partial charge in [-0.15, -0.1) is 0 Å². The van der Waals surface area contributed by atoms with Crippen molar-refractivity contribution in [3.8, 4) is 11.8 Å². The summed E-state index contributed by atoms with van der Waals surface area (Å²) in [6, 6.07) is 14.7. The van der Waals surface area contributed by atoms with E-state index in [1.807, 2.05) is 38.1 Å². The van der Waals surface area contributed by atoms with Crippen molar-refractivity contribution in [3.63, 3.8) is 0 Å². The molecule has 1 amide bonds. The summed E-state index contributed by atoms with van der Waals surface area (Å²) < 4.78 is 11.4. The van der Waals surface area contributed by atoms with Crippen molar-refractivity contribution in [2.45, 2.75) is 46.0 Å². The van der Waals surface area contributed by atoms with Crippen LogP contribution in [0.2, 0.25) is 5.02 Å². The fourth-order valence-electron chi connectivity index (χ4n) is 4.60. The zero-order valence-corrected chi connectivity index (χ0v) is 21.2. The van der Waals surface area contributed by atoms with E-state index in [4.69, 9.17) is 26.8 Å². The summed E-state index contributed by atoms with van der Waals surface area (Å²) >= 11 is 6.49. The first-order valence-electron chi connectivity index (χ1n) is 11.8. The number of nitrogens with one attached hydrogen (secondary N) is 1. The van der Waals surface area contributed by atoms with E-state index in [2.05, 4.69) is 18.3 Å². The quantitative estimate of drug-likeness (QED) is 0.545. The molecule has 0 radical (unpaired) electrons. The Morgan fingerprint density at radius 1 is 1.25 bits per heavy atom. The molecule has 0 saturated carbocycles. The third-order valence-electron chi connectivity index (χ3n) is 6.37. The summed E-state index contributed by atoms with van der Waals surface area (Å²) in [5.41, 5.74) is 8.90. The van der Waals surface area contributed by atoms with Crippen molar-refractivity contribution in [1.82, 2.24) is 0 Å². The van der Waals surface area contributed by atoms with Gasteiger partial charge in [0, 0.05) is 24.1 Å². The molecule has 0 bridgehead atoms. The van der Waals surface area contributed by atoms with Crippen molar-refractivity contribution in [3.05, 3.63) is 81.4 Å². The highest BCUT2D eigenvalue weighted by Crippen LogP contribution is 2.48. The van der Waals surface area contributed by atoms with Crippen LogP contribution >= 0.6 is 11.6 Å². The lowest BCUT2D eigenvalue weighted by Crippen LogP contribution is -2.33. The SMILES string of the molecule is CCc1ccc(NC(=O)COc2ccc(C3C(C#N)=C(N)OC4=C3C(=O)CC(C)(C)C4)cc2Cl)cc1. The van der Waals surface area contributed by atoms with Gasteiger partial charge < -0.3 is 20.5 Å². The van der Waals surface area contributed by atoms with Crippen LogP contribution in [0.3, 0.4) is 0 Å². The Balaban J connectivity index is 1.53. The maximum Gasteiger partial charge on any atom is 0.262 e. The number of benzene rings is 2. The van der Waals surface area contributed by atoms with Gasteiger partial charge in [0.25, 0.3) is 5.91 Å². The minimum Gasteiger partial charge on any atom is -0.482 e. The van der Waals surface area contributed by atoms with Crippen molar-refractivity contribution in [2.75, 3.05) is 11.9 Å². The average Bonchev–Trinajstić information content (AvgIpc) is 2.82. The second-order valence-electron chi connectivity index (χ2n) is 9.78. The summed E-state index contributed by atoms with van der Waals surface area (Å²) in [7, 11) is 0. The number of carbonyl (C=O) groups excluding carboxylic acids is 2. The van der Waals surface area contributed by atoms with E-state index in [0.29, 0.717) is 41.2 Å². The van der Waals surface area contributed by atoms with Crippen LogP contribution in [0.15, 0.2) is 65.3 Å². The number of anilines is 1. The molecule has 1 aliphatic heterocycles. The van der Waals surface area contributed by atoms with Crippen molar-refractivity contribution >= 4 is 29.0 Å². The van der Waals surface area contributed by atoms with Crippen LogP contribution in [-0.4, -0.2) is 18.3 Å². The molecular weight excluding hydrogens is 478 g/mol. The van der Waals surface area contributed by atoms with Gasteiger partial charge in [-0.3, -0.25) is 9.59 Å². The number of amides is 1. The lowest BCUT2D eigenvalue weighted by Gasteiger charge is -2.37. The van der Waals surface area contributed by atoms with Crippen LogP contribution in [0.4, 0.5) is 5.69 Å². The molecule has 36 heavy (non-hydrogen) atoms. The maximum atomic E-state index is 13.1. The number of hydrogen-bond acceptors (Lipinski definition) is 6. The van der Waals surface area contributed by atoms with Gasteiger partial charge in [-0.1, -0.05) is 50.6 Å². The van der Waals surface area contributed by atoms with Gasteiger partial charge in [-0.2, -0.15) is 5.26 Å². The summed E-state index contributed by atoms with van der Waals surface area (Å²) in [4.78, 5) is 25.4. The molecule has 2 aromatic rings. The molecule has 1 aliphatic carbocycles. The number of halogens is 1. The first kappa shape index (κ1) is 25.3. The first-order chi connectivity index (χ1) is 17.1. The van der Waals surface area contributed by atoms with Crippen LogP contribution in [-0.2, 0) is 20.7 Å². The largest absolute Gasteiger partial charge is 0.482 e. The molecular formula is C28H28ClN3O4. The molecule has 2 aromatic carbocycles. The summed E-state index contributed by atoms with van der Waals surface area (Å²) in [5.74, 6) is -0.277. The van der Waals surface area contributed by atoms with Gasteiger partial charge >= 0.3 is 0 Å². The van der Waals surface area contributed by atoms with Crippen LogP contribution in [0.25, 0.3) is 0 Å². The Morgan fingerprint density at radius 2 is 1.97 bits per heavy atom. The number of Topliss-reactive ketones (excluding diaryl/α,β-unsaturated/α-hetero) is 1. The molecule has 1 unspecified atom stereocenters. The Hall–Kier alpha value is -3.76. The second kappa shape index (κ2) is 10.1. The number of hydrogen-bond donors (Lipinski definition) is 2. The molecule has 0 spiro atoms. The minimum atomic E-state index is -0.678. The van der Waals surface area contributed by atoms with Crippen molar-refractivity contribution in [1.29, 1.82) is 5.26 Å². The monoisotopic (exact) mass is 505 g/mol. The summed E-state index contributed by atoms with van der Waals surface area (Å²) in [5, 5.41) is 12.8. The number of aryl methyl sites for hydroxylation is 1. The number of nitrogens with zero attached hydrogens (tertiary/aromatic N) is 1.